The van der Waals surface area contributed by atoms with Crippen LogP contribution in [0.4, 0.5) is 4.39 Å². The number of pyridine rings is 1. The first-order valence-corrected chi connectivity index (χ1v) is 7.69. The number of benzene rings is 1. The average molecular weight is 335 g/mol. The fraction of sp³-hybridized carbons (Fsp3) is 0.111. The number of hydrogen-bond donors (Lipinski definition) is 0. The topological polar surface area (TPSA) is 65.6 Å². The molecular formula is C18H14FN5O. The Morgan fingerprint density at radius 2 is 2.08 bits per heavy atom. The molecule has 0 saturated heterocycles. The Balaban J connectivity index is 1.78. The maximum absolute atomic E-state index is 15.0. The van der Waals surface area contributed by atoms with Crippen LogP contribution >= 0.6 is 0 Å². The van der Waals surface area contributed by atoms with Crippen molar-refractivity contribution in [1.29, 1.82) is 0 Å². The molecule has 1 aromatic carbocycles. The van der Waals surface area contributed by atoms with Gasteiger partial charge in [-0.2, -0.15) is 10.2 Å². The molecule has 0 fully saturated rings. The molecule has 3 aromatic heterocycles. The van der Waals surface area contributed by atoms with E-state index in [2.05, 4.69) is 15.2 Å². The van der Waals surface area contributed by atoms with Gasteiger partial charge in [-0.15, -0.1) is 0 Å². The molecule has 0 radical (unpaired) electrons. The highest BCUT2D eigenvalue weighted by molar-refractivity contribution is 5.79. The molecule has 0 bridgehead atoms. The fourth-order valence-electron chi connectivity index (χ4n) is 2.68. The minimum absolute atomic E-state index is 0.158. The van der Waals surface area contributed by atoms with Crippen LogP contribution in [-0.2, 0) is 7.05 Å². The number of aromatic nitrogens is 5. The second kappa shape index (κ2) is 5.94. The number of halogens is 1. The van der Waals surface area contributed by atoms with Gasteiger partial charge in [0, 0.05) is 30.9 Å². The fourth-order valence-corrected chi connectivity index (χ4v) is 2.68. The van der Waals surface area contributed by atoms with Gasteiger partial charge in [0.15, 0.2) is 6.17 Å². The summed E-state index contributed by atoms with van der Waals surface area (Å²) in [7, 11) is 1.77. The lowest BCUT2D eigenvalue weighted by Gasteiger charge is -2.10. The number of alkyl halides is 1. The zero-order valence-electron chi connectivity index (χ0n) is 13.4. The summed E-state index contributed by atoms with van der Waals surface area (Å²) >= 11 is 0. The SMILES string of the molecule is Cn1cc(-n2ccc(=O)c(C(F)c3ccc4ncccc4c3)n2)cn1. The lowest BCUT2D eigenvalue weighted by molar-refractivity contribution is 0.385. The van der Waals surface area contributed by atoms with E-state index < -0.39 is 11.6 Å². The predicted octanol–water partition coefficient (Wildman–Crippen LogP) is 2.57. The van der Waals surface area contributed by atoms with E-state index in [4.69, 9.17) is 0 Å². The van der Waals surface area contributed by atoms with Crippen LogP contribution < -0.4 is 5.43 Å². The third kappa shape index (κ3) is 2.80. The van der Waals surface area contributed by atoms with Crippen molar-refractivity contribution in [2.75, 3.05) is 0 Å². The van der Waals surface area contributed by atoms with Gasteiger partial charge in [0.05, 0.1) is 17.9 Å². The summed E-state index contributed by atoms with van der Waals surface area (Å²) in [6.45, 7) is 0. The minimum atomic E-state index is -1.62. The molecule has 3 heterocycles. The molecule has 1 atom stereocenters. The Bertz CT molecular complexity index is 1120. The smallest absolute Gasteiger partial charge is 0.206 e. The van der Waals surface area contributed by atoms with Crippen molar-refractivity contribution < 1.29 is 4.39 Å². The molecule has 124 valence electrons. The molecule has 4 rings (SSSR count). The van der Waals surface area contributed by atoms with Gasteiger partial charge in [0.1, 0.15) is 11.4 Å². The zero-order valence-corrected chi connectivity index (χ0v) is 13.4. The Morgan fingerprint density at radius 1 is 1.20 bits per heavy atom. The highest BCUT2D eigenvalue weighted by Gasteiger charge is 2.19. The monoisotopic (exact) mass is 335 g/mol. The summed E-state index contributed by atoms with van der Waals surface area (Å²) in [6, 6.07) is 10.0. The summed E-state index contributed by atoms with van der Waals surface area (Å²) in [5.41, 5.74) is 1.19. The Kier molecular flexibility index (Phi) is 3.61. The summed E-state index contributed by atoms with van der Waals surface area (Å²) in [4.78, 5) is 16.4. The maximum atomic E-state index is 15.0. The third-order valence-corrected chi connectivity index (χ3v) is 3.95. The molecule has 0 aliphatic carbocycles. The second-order valence-electron chi connectivity index (χ2n) is 5.70. The van der Waals surface area contributed by atoms with E-state index in [9.17, 15) is 4.79 Å². The van der Waals surface area contributed by atoms with Crippen LogP contribution in [0.25, 0.3) is 16.6 Å². The van der Waals surface area contributed by atoms with Crippen molar-refractivity contribution in [3.8, 4) is 5.69 Å². The van der Waals surface area contributed by atoms with Crippen LogP contribution in [-0.4, -0.2) is 24.5 Å². The number of hydrogen-bond acceptors (Lipinski definition) is 4. The molecule has 0 aliphatic heterocycles. The van der Waals surface area contributed by atoms with Crippen LogP contribution in [0, 0.1) is 0 Å². The van der Waals surface area contributed by atoms with E-state index in [0.717, 1.165) is 10.9 Å². The van der Waals surface area contributed by atoms with E-state index in [0.29, 0.717) is 11.3 Å². The largest absolute Gasteiger partial charge is 0.288 e. The summed E-state index contributed by atoms with van der Waals surface area (Å²) in [5.74, 6) is 0. The van der Waals surface area contributed by atoms with Gasteiger partial charge in [-0.25, -0.2) is 9.07 Å². The molecule has 0 spiro atoms. The molecule has 4 aromatic rings. The lowest BCUT2D eigenvalue weighted by atomic mass is 10.0. The Hall–Kier alpha value is -3.35. The van der Waals surface area contributed by atoms with Gasteiger partial charge in [-0.3, -0.25) is 14.5 Å². The van der Waals surface area contributed by atoms with Crippen LogP contribution in [0.3, 0.4) is 0 Å². The van der Waals surface area contributed by atoms with Crippen molar-refractivity contribution in [3.05, 3.63) is 82.7 Å². The standard InChI is InChI=1S/C18H14FN5O/c1-23-11-14(10-21-23)24-8-6-16(25)18(22-24)17(19)13-4-5-15-12(9-13)3-2-7-20-15/h2-11,17H,1H3. The van der Waals surface area contributed by atoms with Crippen molar-refractivity contribution in [2.24, 2.45) is 7.05 Å². The number of rotatable bonds is 3. The van der Waals surface area contributed by atoms with Crippen LogP contribution in [0.1, 0.15) is 17.4 Å². The first-order chi connectivity index (χ1) is 12.1. The van der Waals surface area contributed by atoms with Gasteiger partial charge in [0.25, 0.3) is 0 Å². The van der Waals surface area contributed by atoms with Crippen molar-refractivity contribution in [3.63, 3.8) is 0 Å². The Morgan fingerprint density at radius 3 is 2.88 bits per heavy atom. The first-order valence-electron chi connectivity index (χ1n) is 7.69. The molecule has 25 heavy (non-hydrogen) atoms. The number of aryl methyl sites for hydroxylation is 1. The van der Waals surface area contributed by atoms with Crippen molar-refractivity contribution in [2.45, 2.75) is 6.17 Å². The van der Waals surface area contributed by atoms with Gasteiger partial charge in [-0.05, 0) is 23.8 Å². The van der Waals surface area contributed by atoms with Crippen LogP contribution in [0.15, 0.2) is 66.0 Å². The highest BCUT2D eigenvalue weighted by Crippen LogP contribution is 2.25. The van der Waals surface area contributed by atoms with E-state index in [1.165, 1.54) is 16.9 Å². The summed E-state index contributed by atoms with van der Waals surface area (Å²) < 4.78 is 18.1. The van der Waals surface area contributed by atoms with E-state index >= 15 is 4.39 Å². The number of nitrogens with zero attached hydrogens (tertiary/aromatic N) is 5. The van der Waals surface area contributed by atoms with Crippen LogP contribution in [0.2, 0.25) is 0 Å². The molecule has 0 amide bonds. The van der Waals surface area contributed by atoms with E-state index in [1.807, 2.05) is 6.07 Å². The van der Waals surface area contributed by atoms with Gasteiger partial charge >= 0.3 is 0 Å². The molecule has 1 unspecified atom stereocenters. The molecule has 0 saturated carbocycles. The lowest BCUT2D eigenvalue weighted by Crippen LogP contribution is -2.18. The molecule has 0 aliphatic rings. The molecule has 0 N–H and O–H groups in total. The summed E-state index contributed by atoms with van der Waals surface area (Å²) in [5, 5.41) is 9.04. The Labute approximate surface area is 142 Å². The van der Waals surface area contributed by atoms with E-state index in [-0.39, 0.29) is 5.69 Å². The second-order valence-corrected chi connectivity index (χ2v) is 5.70. The molecule has 7 heteroatoms. The van der Waals surface area contributed by atoms with Gasteiger partial charge < -0.3 is 0 Å². The number of fused-ring (bicyclic) bond motifs is 1. The third-order valence-electron chi connectivity index (χ3n) is 3.95. The predicted molar refractivity (Wildman–Crippen MR) is 91.3 cm³/mol. The van der Waals surface area contributed by atoms with Crippen molar-refractivity contribution >= 4 is 10.9 Å². The van der Waals surface area contributed by atoms with Crippen molar-refractivity contribution in [1.82, 2.24) is 24.5 Å². The molecule has 6 nitrogen and oxygen atoms in total. The van der Waals surface area contributed by atoms with Gasteiger partial charge in [0.2, 0.25) is 5.43 Å². The maximum Gasteiger partial charge on any atom is 0.206 e. The van der Waals surface area contributed by atoms with Gasteiger partial charge in [-0.1, -0.05) is 12.1 Å². The zero-order chi connectivity index (χ0) is 17.4. The quantitative estimate of drug-likeness (QED) is 0.577. The summed E-state index contributed by atoms with van der Waals surface area (Å²) in [6.07, 6.45) is 4.88. The van der Waals surface area contributed by atoms with E-state index in [1.54, 1.807) is 54.6 Å². The first kappa shape index (κ1) is 15.2. The normalized spacial score (nSPS) is 12.4. The average Bonchev–Trinajstić information content (AvgIpc) is 3.07. The van der Waals surface area contributed by atoms with Crippen LogP contribution in [0.5, 0.6) is 0 Å². The molecular weight excluding hydrogens is 321 g/mol. The highest BCUT2D eigenvalue weighted by atomic mass is 19.1. The minimum Gasteiger partial charge on any atom is -0.288 e.